The fraction of sp³-hybridized carbons (Fsp3) is 0.368. The lowest BCUT2D eigenvalue weighted by Crippen LogP contribution is -2.49. The molecule has 0 N–H and O–H groups in total. The minimum absolute atomic E-state index is 0.0296. The van der Waals surface area contributed by atoms with Crippen LogP contribution in [0.25, 0.3) is 0 Å². The molecule has 0 spiro atoms. The van der Waals surface area contributed by atoms with E-state index in [1.165, 1.54) is 6.92 Å². The van der Waals surface area contributed by atoms with Crippen LogP contribution >= 0.6 is 11.6 Å². The first-order valence-corrected chi connectivity index (χ1v) is 9.26. The van der Waals surface area contributed by atoms with E-state index in [0.717, 1.165) is 0 Å². The van der Waals surface area contributed by atoms with Crippen molar-refractivity contribution in [3.63, 3.8) is 0 Å². The number of carbonyl (C=O) groups excluding carboxylic acids is 2. The second kappa shape index (κ2) is 8.81. The van der Waals surface area contributed by atoms with Crippen LogP contribution < -0.4 is 9.80 Å². The quantitative estimate of drug-likeness (QED) is 0.786. The van der Waals surface area contributed by atoms with Crippen LogP contribution in [0.1, 0.15) is 13.3 Å². The maximum atomic E-state index is 12.6. The van der Waals surface area contributed by atoms with Crippen molar-refractivity contribution in [1.29, 1.82) is 0 Å². The van der Waals surface area contributed by atoms with Crippen LogP contribution in [-0.2, 0) is 9.59 Å². The van der Waals surface area contributed by atoms with E-state index in [1.54, 1.807) is 35.5 Å². The van der Waals surface area contributed by atoms with Crippen molar-refractivity contribution in [1.82, 2.24) is 14.9 Å². The van der Waals surface area contributed by atoms with Crippen molar-refractivity contribution in [2.45, 2.75) is 13.3 Å². The second-order valence-corrected chi connectivity index (χ2v) is 6.70. The largest absolute Gasteiger partial charge is 0.339 e. The predicted octanol–water partition coefficient (Wildman–Crippen LogP) is 2.22. The number of carbonyl (C=O) groups is 2. The van der Waals surface area contributed by atoms with E-state index in [1.807, 2.05) is 17.0 Å². The molecule has 0 saturated carbocycles. The number of halogens is 1. The smallest absolute Gasteiger partial charge is 0.225 e. The third kappa shape index (κ3) is 4.74. The summed E-state index contributed by atoms with van der Waals surface area (Å²) in [6.45, 7) is 4.40. The van der Waals surface area contributed by atoms with Crippen molar-refractivity contribution in [3.8, 4) is 0 Å². The van der Waals surface area contributed by atoms with Gasteiger partial charge in [0.25, 0.3) is 0 Å². The molecule has 27 heavy (non-hydrogen) atoms. The Bertz CT molecular complexity index is 794. The molecule has 1 aliphatic heterocycles. The molecule has 1 fully saturated rings. The van der Waals surface area contributed by atoms with E-state index < -0.39 is 0 Å². The Morgan fingerprint density at radius 3 is 2.37 bits per heavy atom. The molecule has 0 unspecified atom stereocenters. The van der Waals surface area contributed by atoms with Crippen LogP contribution in [0.4, 0.5) is 11.6 Å². The minimum atomic E-state index is -0.137. The van der Waals surface area contributed by atoms with Gasteiger partial charge in [0.2, 0.25) is 17.8 Å². The van der Waals surface area contributed by atoms with E-state index in [0.29, 0.717) is 49.4 Å². The van der Waals surface area contributed by atoms with Crippen molar-refractivity contribution in [2.24, 2.45) is 0 Å². The van der Waals surface area contributed by atoms with Crippen LogP contribution in [0, 0.1) is 0 Å². The van der Waals surface area contributed by atoms with Gasteiger partial charge in [-0.25, -0.2) is 9.97 Å². The Hall–Kier alpha value is -2.67. The zero-order valence-electron chi connectivity index (χ0n) is 15.2. The summed E-state index contributed by atoms with van der Waals surface area (Å²) < 4.78 is 0. The third-order valence-corrected chi connectivity index (χ3v) is 4.86. The minimum Gasteiger partial charge on any atom is -0.339 e. The fourth-order valence-corrected chi connectivity index (χ4v) is 3.33. The molecule has 2 amide bonds. The van der Waals surface area contributed by atoms with Crippen LogP contribution in [0.5, 0.6) is 0 Å². The average molecular weight is 388 g/mol. The Kier molecular flexibility index (Phi) is 6.24. The van der Waals surface area contributed by atoms with Gasteiger partial charge in [-0.15, -0.1) is 0 Å². The zero-order chi connectivity index (χ0) is 19.2. The molecule has 2 heterocycles. The lowest BCUT2D eigenvalue weighted by Gasteiger charge is -2.35. The standard InChI is InChI=1S/C19H22ClN5O2/c1-15(26)25(17-6-3-2-5-16(17)20)10-7-18(27)23-11-13-24(14-12-23)19-21-8-4-9-22-19/h2-6,8-9H,7,10-14H2,1H3. The van der Waals surface area contributed by atoms with Gasteiger partial charge < -0.3 is 14.7 Å². The summed E-state index contributed by atoms with van der Waals surface area (Å²) in [6, 6.07) is 8.94. The molecular formula is C19H22ClN5O2. The summed E-state index contributed by atoms with van der Waals surface area (Å²) in [5.41, 5.74) is 0.630. The van der Waals surface area contributed by atoms with E-state index >= 15 is 0 Å². The number of para-hydroxylation sites is 1. The van der Waals surface area contributed by atoms with Gasteiger partial charge in [-0.2, -0.15) is 0 Å². The first-order valence-electron chi connectivity index (χ1n) is 8.88. The molecular weight excluding hydrogens is 366 g/mol. The summed E-state index contributed by atoms with van der Waals surface area (Å²) in [6.07, 6.45) is 3.68. The molecule has 1 saturated heterocycles. The topological polar surface area (TPSA) is 69.6 Å². The van der Waals surface area contributed by atoms with Crippen LogP contribution in [0.2, 0.25) is 5.02 Å². The van der Waals surface area contributed by atoms with Crippen molar-refractivity contribution in [2.75, 3.05) is 42.5 Å². The SMILES string of the molecule is CC(=O)N(CCC(=O)N1CCN(c2ncccn2)CC1)c1ccccc1Cl. The Morgan fingerprint density at radius 1 is 1.07 bits per heavy atom. The maximum Gasteiger partial charge on any atom is 0.225 e. The summed E-state index contributed by atoms with van der Waals surface area (Å²) >= 11 is 6.19. The van der Waals surface area contributed by atoms with E-state index in [2.05, 4.69) is 14.9 Å². The number of benzene rings is 1. The maximum absolute atomic E-state index is 12.6. The van der Waals surface area contributed by atoms with Gasteiger partial charge in [0.1, 0.15) is 0 Å². The molecule has 7 nitrogen and oxygen atoms in total. The van der Waals surface area contributed by atoms with Crippen LogP contribution in [-0.4, -0.2) is 59.4 Å². The highest BCUT2D eigenvalue weighted by Crippen LogP contribution is 2.25. The van der Waals surface area contributed by atoms with Crippen LogP contribution in [0.15, 0.2) is 42.7 Å². The Morgan fingerprint density at radius 2 is 1.74 bits per heavy atom. The van der Waals surface area contributed by atoms with Gasteiger partial charge in [-0.3, -0.25) is 9.59 Å². The summed E-state index contributed by atoms with van der Waals surface area (Å²) in [5, 5.41) is 0.497. The van der Waals surface area contributed by atoms with Crippen molar-refractivity contribution in [3.05, 3.63) is 47.7 Å². The molecule has 142 valence electrons. The van der Waals surface area contributed by atoms with Crippen LogP contribution in [0.3, 0.4) is 0 Å². The number of anilines is 2. The number of amides is 2. The highest BCUT2D eigenvalue weighted by Gasteiger charge is 2.23. The van der Waals surface area contributed by atoms with Gasteiger partial charge in [-0.1, -0.05) is 23.7 Å². The Balaban J connectivity index is 1.55. The molecule has 0 bridgehead atoms. The van der Waals surface area contributed by atoms with Gasteiger partial charge in [-0.05, 0) is 18.2 Å². The van der Waals surface area contributed by atoms with Crippen molar-refractivity contribution < 1.29 is 9.59 Å². The molecule has 1 aromatic carbocycles. The monoisotopic (exact) mass is 387 g/mol. The molecule has 0 atom stereocenters. The molecule has 2 aromatic rings. The van der Waals surface area contributed by atoms with Gasteiger partial charge in [0.05, 0.1) is 10.7 Å². The molecule has 1 aliphatic rings. The lowest BCUT2D eigenvalue weighted by molar-refractivity contribution is -0.131. The molecule has 8 heteroatoms. The number of aromatic nitrogens is 2. The molecule has 0 aliphatic carbocycles. The first-order chi connectivity index (χ1) is 13.1. The highest BCUT2D eigenvalue weighted by molar-refractivity contribution is 6.33. The van der Waals surface area contributed by atoms with Gasteiger partial charge in [0.15, 0.2) is 0 Å². The predicted molar refractivity (Wildman–Crippen MR) is 105 cm³/mol. The first kappa shape index (κ1) is 19.1. The zero-order valence-corrected chi connectivity index (χ0v) is 16.0. The lowest BCUT2D eigenvalue weighted by atomic mass is 10.2. The van der Waals surface area contributed by atoms with Gasteiger partial charge in [0, 0.05) is 58.5 Å². The third-order valence-electron chi connectivity index (χ3n) is 4.54. The number of rotatable bonds is 5. The van der Waals surface area contributed by atoms with E-state index in [9.17, 15) is 9.59 Å². The number of nitrogens with zero attached hydrogens (tertiary/aromatic N) is 5. The number of hydrogen-bond donors (Lipinski definition) is 0. The number of piperazine rings is 1. The summed E-state index contributed by atoms with van der Waals surface area (Å²) in [5.74, 6) is 0.579. The second-order valence-electron chi connectivity index (χ2n) is 6.29. The molecule has 1 aromatic heterocycles. The Labute approximate surface area is 163 Å². The van der Waals surface area contributed by atoms with E-state index in [4.69, 9.17) is 11.6 Å². The van der Waals surface area contributed by atoms with E-state index in [-0.39, 0.29) is 18.2 Å². The highest BCUT2D eigenvalue weighted by atomic mass is 35.5. The van der Waals surface area contributed by atoms with Gasteiger partial charge >= 0.3 is 0 Å². The summed E-state index contributed by atoms with van der Waals surface area (Å²) in [7, 11) is 0. The molecule has 3 rings (SSSR count). The fourth-order valence-electron chi connectivity index (χ4n) is 3.09. The summed E-state index contributed by atoms with van der Waals surface area (Å²) in [4.78, 5) is 38.5. The normalized spacial score (nSPS) is 14.1. The average Bonchev–Trinajstić information content (AvgIpc) is 2.70. The van der Waals surface area contributed by atoms with Crippen molar-refractivity contribution >= 4 is 35.1 Å². The number of hydrogen-bond acceptors (Lipinski definition) is 5. The molecule has 0 radical (unpaired) electrons.